The van der Waals surface area contributed by atoms with Crippen molar-refractivity contribution in [2.75, 3.05) is 6.26 Å². The molecule has 0 fully saturated rings. The Morgan fingerprint density at radius 2 is 1.94 bits per heavy atom. The van der Waals surface area contributed by atoms with Crippen LogP contribution in [-0.2, 0) is 0 Å². The molecule has 0 bridgehead atoms. The van der Waals surface area contributed by atoms with Crippen LogP contribution in [0.15, 0.2) is 44.4 Å². The minimum Gasteiger partial charge on any atom is -0.320 e. The van der Waals surface area contributed by atoms with E-state index >= 15 is 0 Å². The van der Waals surface area contributed by atoms with Crippen molar-refractivity contribution in [3.63, 3.8) is 0 Å². The first-order chi connectivity index (χ1) is 7.72. The van der Waals surface area contributed by atoms with Crippen LogP contribution >= 0.6 is 39.0 Å². The zero-order chi connectivity index (χ0) is 11.5. The van der Waals surface area contributed by atoms with E-state index in [-0.39, 0.29) is 6.04 Å². The van der Waals surface area contributed by atoms with Gasteiger partial charge in [-0.3, -0.25) is 0 Å². The number of thioether (sulfide) groups is 1. The van der Waals surface area contributed by atoms with Crippen LogP contribution in [0.5, 0.6) is 0 Å². The third-order valence-electron chi connectivity index (χ3n) is 2.45. The van der Waals surface area contributed by atoms with Crippen molar-refractivity contribution in [3.8, 4) is 0 Å². The lowest BCUT2D eigenvalue weighted by molar-refractivity contribution is 0.870. The fourth-order valence-electron chi connectivity index (χ4n) is 1.50. The summed E-state index contributed by atoms with van der Waals surface area (Å²) in [4.78, 5) is 1.26. The summed E-state index contributed by atoms with van der Waals surface area (Å²) >= 11 is 6.93. The average molecular weight is 314 g/mol. The van der Waals surface area contributed by atoms with Gasteiger partial charge in [-0.05, 0) is 50.8 Å². The zero-order valence-electron chi connectivity index (χ0n) is 8.81. The van der Waals surface area contributed by atoms with Gasteiger partial charge in [0.1, 0.15) is 0 Å². The van der Waals surface area contributed by atoms with Gasteiger partial charge in [-0.2, -0.15) is 11.3 Å². The molecule has 0 saturated heterocycles. The SMILES string of the molecule is CSc1ccc(C(N)c2cscc2Br)cc1. The Morgan fingerprint density at radius 3 is 2.44 bits per heavy atom. The van der Waals surface area contributed by atoms with E-state index < -0.39 is 0 Å². The number of nitrogens with two attached hydrogens (primary N) is 1. The molecular weight excluding hydrogens is 302 g/mol. The van der Waals surface area contributed by atoms with E-state index in [1.807, 2.05) is 0 Å². The minimum absolute atomic E-state index is 0.0449. The maximum absolute atomic E-state index is 6.22. The van der Waals surface area contributed by atoms with Crippen LogP contribution in [-0.4, -0.2) is 6.26 Å². The van der Waals surface area contributed by atoms with Gasteiger partial charge < -0.3 is 5.73 Å². The molecule has 1 atom stereocenters. The van der Waals surface area contributed by atoms with Crippen molar-refractivity contribution in [2.24, 2.45) is 5.73 Å². The smallest absolute Gasteiger partial charge is 0.0571 e. The Hall–Kier alpha value is -0.290. The maximum Gasteiger partial charge on any atom is 0.0571 e. The predicted octanol–water partition coefficient (Wildman–Crippen LogP) is 4.28. The molecule has 1 aromatic carbocycles. The summed E-state index contributed by atoms with van der Waals surface area (Å²) in [5, 5.41) is 4.16. The number of hydrogen-bond donors (Lipinski definition) is 1. The summed E-state index contributed by atoms with van der Waals surface area (Å²) in [6, 6.07) is 8.37. The van der Waals surface area contributed by atoms with E-state index in [2.05, 4.69) is 57.2 Å². The summed E-state index contributed by atoms with van der Waals surface area (Å²) in [6.45, 7) is 0. The molecule has 1 aromatic heterocycles. The van der Waals surface area contributed by atoms with Crippen molar-refractivity contribution in [1.29, 1.82) is 0 Å². The fraction of sp³-hybridized carbons (Fsp3) is 0.167. The Balaban J connectivity index is 2.27. The molecule has 0 saturated carbocycles. The highest BCUT2D eigenvalue weighted by Crippen LogP contribution is 2.30. The highest BCUT2D eigenvalue weighted by atomic mass is 79.9. The topological polar surface area (TPSA) is 26.0 Å². The predicted molar refractivity (Wildman–Crippen MR) is 76.3 cm³/mol. The minimum atomic E-state index is -0.0449. The van der Waals surface area contributed by atoms with Gasteiger partial charge in [-0.1, -0.05) is 12.1 Å². The van der Waals surface area contributed by atoms with Crippen LogP contribution in [0.1, 0.15) is 17.2 Å². The average Bonchev–Trinajstić information content (AvgIpc) is 2.75. The third kappa shape index (κ3) is 2.51. The molecule has 0 aliphatic rings. The normalized spacial score (nSPS) is 12.7. The molecule has 84 valence electrons. The molecule has 16 heavy (non-hydrogen) atoms. The van der Waals surface area contributed by atoms with E-state index in [1.165, 1.54) is 4.90 Å². The van der Waals surface area contributed by atoms with Crippen molar-refractivity contribution >= 4 is 39.0 Å². The Labute approximate surface area is 112 Å². The molecule has 2 N–H and O–H groups in total. The monoisotopic (exact) mass is 313 g/mol. The van der Waals surface area contributed by atoms with Gasteiger partial charge in [-0.25, -0.2) is 0 Å². The van der Waals surface area contributed by atoms with Crippen molar-refractivity contribution < 1.29 is 0 Å². The molecule has 2 aromatic rings. The summed E-state index contributed by atoms with van der Waals surface area (Å²) in [5.74, 6) is 0. The fourth-order valence-corrected chi connectivity index (χ4v) is 3.49. The Morgan fingerprint density at radius 1 is 1.25 bits per heavy atom. The lowest BCUT2D eigenvalue weighted by Crippen LogP contribution is -2.11. The molecule has 0 spiro atoms. The second-order valence-electron chi connectivity index (χ2n) is 3.43. The Bertz CT molecular complexity index is 464. The first-order valence-corrected chi connectivity index (χ1v) is 7.79. The number of halogens is 1. The molecule has 0 aliphatic carbocycles. The number of benzene rings is 1. The standard InChI is InChI=1S/C12H12BrNS2/c1-15-9-4-2-8(3-5-9)12(14)10-6-16-7-11(10)13/h2-7,12H,14H2,1H3. The van der Waals surface area contributed by atoms with Gasteiger partial charge in [0, 0.05) is 14.7 Å². The van der Waals surface area contributed by atoms with Gasteiger partial charge in [0.25, 0.3) is 0 Å². The zero-order valence-corrected chi connectivity index (χ0v) is 12.0. The number of rotatable bonds is 3. The lowest BCUT2D eigenvalue weighted by Gasteiger charge is -2.11. The van der Waals surface area contributed by atoms with Gasteiger partial charge >= 0.3 is 0 Å². The van der Waals surface area contributed by atoms with Crippen LogP contribution < -0.4 is 5.73 Å². The van der Waals surface area contributed by atoms with E-state index in [0.29, 0.717) is 0 Å². The van der Waals surface area contributed by atoms with Crippen LogP contribution in [0.4, 0.5) is 0 Å². The van der Waals surface area contributed by atoms with E-state index in [9.17, 15) is 0 Å². The molecule has 0 radical (unpaired) electrons. The highest BCUT2D eigenvalue weighted by Gasteiger charge is 2.12. The summed E-state index contributed by atoms with van der Waals surface area (Å²) in [7, 11) is 0. The molecule has 1 heterocycles. The van der Waals surface area contributed by atoms with E-state index in [4.69, 9.17) is 5.73 Å². The van der Waals surface area contributed by atoms with Crippen molar-refractivity contribution in [1.82, 2.24) is 0 Å². The second kappa shape index (κ2) is 5.36. The highest BCUT2D eigenvalue weighted by molar-refractivity contribution is 9.10. The van der Waals surface area contributed by atoms with E-state index in [0.717, 1.165) is 15.6 Å². The molecular formula is C12H12BrNS2. The summed E-state index contributed by atoms with van der Waals surface area (Å²) < 4.78 is 1.10. The van der Waals surface area contributed by atoms with Crippen molar-refractivity contribution in [2.45, 2.75) is 10.9 Å². The van der Waals surface area contributed by atoms with Gasteiger partial charge in [-0.15, -0.1) is 11.8 Å². The number of thiophene rings is 1. The van der Waals surface area contributed by atoms with Crippen molar-refractivity contribution in [3.05, 3.63) is 50.6 Å². The molecule has 1 unspecified atom stereocenters. The van der Waals surface area contributed by atoms with Gasteiger partial charge in [0.05, 0.1) is 6.04 Å². The quantitative estimate of drug-likeness (QED) is 0.856. The van der Waals surface area contributed by atoms with Crippen LogP contribution in [0, 0.1) is 0 Å². The van der Waals surface area contributed by atoms with Crippen LogP contribution in [0.3, 0.4) is 0 Å². The Kier molecular flexibility index (Phi) is 4.08. The van der Waals surface area contributed by atoms with Gasteiger partial charge in [0.15, 0.2) is 0 Å². The number of hydrogen-bond acceptors (Lipinski definition) is 3. The summed E-state index contributed by atoms with van der Waals surface area (Å²) in [5.41, 5.74) is 8.53. The van der Waals surface area contributed by atoms with Gasteiger partial charge in [0.2, 0.25) is 0 Å². The first-order valence-electron chi connectivity index (χ1n) is 4.83. The maximum atomic E-state index is 6.22. The third-order valence-corrected chi connectivity index (χ3v) is 4.95. The first kappa shape index (κ1) is 12.2. The molecule has 2 rings (SSSR count). The van der Waals surface area contributed by atoms with Crippen LogP contribution in [0.2, 0.25) is 0 Å². The second-order valence-corrected chi connectivity index (χ2v) is 5.90. The molecule has 0 aliphatic heterocycles. The molecule has 0 amide bonds. The van der Waals surface area contributed by atoms with Crippen LogP contribution in [0.25, 0.3) is 0 Å². The molecule has 1 nitrogen and oxygen atoms in total. The lowest BCUT2D eigenvalue weighted by atomic mass is 10.0. The summed E-state index contributed by atoms with van der Waals surface area (Å²) in [6.07, 6.45) is 2.07. The largest absolute Gasteiger partial charge is 0.320 e. The molecule has 4 heteroatoms. The van der Waals surface area contributed by atoms with E-state index in [1.54, 1.807) is 23.1 Å².